The van der Waals surface area contributed by atoms with Gasteiger partial charge in [-0.2, -0.15) is 4.31 Å². The summed E-state index contributed by atoms with van der Waals surface area (Å²) in [6.07, 6.45) is -0.181. The van der Waals surface area contributed by atoms with Crippen molar-refractivity contribution < 1.29 is 32.6 Å². The van der Waals surface area contributed by atoms with Gasteiger partial charge in [0.1, 0.15) is 11.8 Å². The number of aliphatic hydroxyl groups is 1. The van der Waals surface area contributed by atoms with E-state index in [-0.39, 0.29) is 55.1 Å². The van der Waals surface area contributed by atoms with Gasteiger partial charge in [-0.05, 0) is 53.0 Å². The first kappa shape index (κ1) is 38.0. The summed E-state index contributed by atoms with van der Waals surface area (Å²) in [6.45, 7) is 13.1. The van der Waals surface area contributed by atoms with E-state index in [1.165, 1.54) is 10.4 Å². The summed E-state index contributed by atoms with van der Waals surface area (Å²) in [4.78, 5) is 38.9. The topological polar surface area (TPSA) is 154 Å². The van der Waals surface area contributed by atoms with E-state index in [9.17, 15) is 27.9 Å². The molecule has 3 rings (SSSR count). The maximum absolute atomic E-state index is 13.9. The van der Waals surface area contributed by atoms with Gasteiger partial charge in [0.15, 0.2) is 0 Å². The summed E-state index contributed by atoms with van der Waals surface area (Å²) in [5, 5.41) is 19.9. The minimum atomic E-state index is -4.01. The Bertz CT molecular complexity index is 1470. The van der Waals surface area contributed by atoms with Crippen molar-refractivity contribution in [2.75, 3.05) is 26.2 Å². The summed E-state index contributed by atoms with van der Waals surface area (Å²) in [5.41, 5.74) is 0.923. The fourth-order valence-corrected chi connectivity index (χ4v) is 7.09. The van der Waals surface area contributed by atoms with E-state index in [2.05, 4.69) is 16.0 Å². The van der Waals surface area contributed by atoms with Crippen molar-refractivity contribution >= 4 is 27.7 Å². The highest BCUT2D eigenvalue weighted by molar-refractivity contribution is 7.89. The number of aliphatic hydroxyl groups excluding tert-OH is 1. The van der Waals surface area contributed by atoms with Crippen LogP contribution in [0.3, 0.4) is 0 Å². The third-order valence-corrected chi connectivity index (χ3v) is 9.65. The first-order valence-electron chi connectivity index (χ1n) is 16.3. The van der Waals surface area contributed by atoms with Crippen LogP contribution in [0.5, 0.6) is 5.75 Å². The van der Waals surface area contributed by atoms with Crippen LogP contribution in [0.2, 0.25) is 0 Å². The molecule has 1 aliphatic heterocycles. The SMILES string of the molecule is CC(C)CC(=O)NCC(=O)N[C@H](C(=O)N[C@@H](Cc1ccccc1)[C@H](O)CN(CC(C)C)S(=O)(=O)c1ccc2c(c1)CCO2)C(C)(C)C. The van der Waals surface area contributed by atoms with E-state index in [4.69, 9.17) is 4.74 Å². The Balaban J connectivity index is 1.85. The highest BCUT2D eigenvalue weighted by Gasteiger charge is 2.37. The Morgan fingerprint density at radius 2 is 1.62 bits per heavy atom. The molecule has 0 fully saturated rings. The van der Waals surface area contributed by atoms with E-state index in [1.807, 2.05) is 58.0 Å². The number of amides is 3. The molecule has 0 radical (unpaired) electrons. The van der Waals surface area contributed by atoms with Gasteiger partial charge in [-0.3, -0.25) is 14.4 Å². The molecule has 3 atom stereocenters. The largest absolute Gasteiger partial charge is 0.493 e. The average molecular weight is 673 g/mol. The van der Waals surface area contributed by atoms with Gasteiger partial charge in [-0.25, -0.2) is 8.42 Å². The van der Waals surface area contributed by atoms with Gasteiger partial charge >= 0.3 is 0 Å². The van der Waals surface area contributed by atoms with Crippen molar-refractivity contribution in [2.24, 2.45) is 17.3 Å². The molecule has 1 heterocycles. The number of rotatable bonds is 16. The van der Waals surface area contributed by atoms with Crippen LogP contribution in [0.15, 0.2) is 53.4 Å². The second-order valence-corrected chi connectivity index (χ2v) is 16.1. The maximum atomic E-state index is 13.9. The molecule has 2 aromatic rings. The molecule has 0 aromatic heterocycles. The second-order valence-electron chi connectivity index (χ2n) is 14.2. The van der Waals surface area contributed by atoms with Crippen LogP contribution in [0, 0.1) is 17.3 Å². The van der Waals surface area contributed by atoms with Crippen molar-refractivity contribution in [2.45, 2.75) is 90.8 Å². The molecule has 11 nitrogen and oxygen atoms in total. The predicted octanol–water partition coefficient (Wildman–Crippen LogP) is 3.05. The van der Waals surface area contributed by atoms with Crippen molar-refractivity contribution in [3.8, 4) is 5.75 Å². The lowest BCUT2D eigenvalue weighted by Crippen LogP contribution is -2.59. The van der Waals surface area contributed by atoms with Crippen LogP contribution in [0.4, 0.5) is 0 Å². The summed E-state index contributed by atoms with van der Waals surface area (Å²) >= 11 is 0. The Hall–Kier alpha value is -3.48. The molecule has 0 unspecified atom stereocenters. The second kappa shape index (κ2) is 16.6. The number of carbonyl (C=O) groups is 3. The number of nitrogens with one attached hydrogen (secondary N) is 3. The first-order chi connectivity index (χ1) is 22.0. The van der Waals surface area contributed by atoms with Crippen molar-refractivity contribution in [1.29, 1.82) is 0 Å². The molecule has 260 valence electrons. The highest BCUT2D eigenvalue weighted by atomic mass is 32.2. The molecule has 0 aliphatic carbocycles. The van der Waals surface area contributed by atoms with Gasteiger partial charge in [0.2, 0.25) is 27.7 Å². The molecule has 1 aliphatic rings. The van der Waals surface area contributed by atoms with Gasteiger partial charge in [-0.15, -0.1) is 0 Å². The fraction of sp³-hybridized carbons (Fsp3) is 0.571. The monoisotopic (exact) mass is 672 g/mol. The normalized spacial score (nSPS) is 15.1. The zero-order chi connectivity index (χ0) is 34.9. The number of fused-ring (bicyclic) bond motifs is 1. The standard InChI is InChI=1S/C35H52N4O7S/c1-23(2)17-31(41)36-20-32(42)38-33(35(5,6)7)34(43)37-28(18-25-11-9-8-10-12-25)29(40)22-39(21-24(3)4)47(44,45)27-13-14-30-26(19-27)15-16-46-30/h8-14,19,23-24,28-29,33,40H,15-18,20-22H2,1-7H3,(H,36,41)(H,37,43)(H,38,42)/t28-,29+,33+/m0/s1. The molecule has 0 spiro atoms. The fourth-order valence-electron chi connectivity index (χ4n) is 5.41. The lowest BCUT2D eigenvalue weighted by atomic mass is 9.85. The van der Waals surface area contributed by atoms with Gasteiger partial charge in [0, 0.05) is 25.9 Å². The minimum Gasteiger partial charge on any atom is -0.493 e. The number of sulfonamides is 1. The van der Waals surface area contributed by atoms with Crippen LogP contribution in [0.25, 0.3) is 0 Å². The third kappa shape index (κ3) is 11.3. The summed E-state index contributed by atoms with van der Waals surface area (Å²) in [5.74, 6) is -0.551. The Morgan fingerprint density at radius 3 is 2.23 bits per heavy atom. The molecule has 4 N–H and O–H groups in total. The Morgan fingerprint density at radius 1 is 0.936 bits per heavy atom. The third-order valence-electron chi connectivity index (χ3n) is 7.82. The lowest BCUT2D eigenvalue weighted by Gasteiger charge is -2.34. The zero-order valence-electron chi connectivity index (χ0n) is 28.7. The van der Waals surface area contributed by atoms with Gasteiger partial charge in [0.25, 0.3) is 0 Å². The molecular weight excluding hydrogens is 620 g/mol. The number of benzene rings is 2. The van der Waals surface area contributed by atoms with E-state index in [0.29, 0.717) is 18.8 Å². The maximum Gasteiger partial charge on any atom is 0.243 e. The molecule has 0 saturated carbocycles. The van der Waals surface area contributed by atoms with Crippen LogP contribution >= 0.6 is 0 Å². The molecule has 2 aromatic carbocycles. The van der Waals surface area contributed by atoms with E-state index >= 15 is 0 Å². The van der Waals surface area contributed by atoms with Gasteiger partial charge in [0.05, 0.1) is 30.2 Å². The average Bonchev–Trinajstić information content (AvgIpc) is 3.45. The predicted molar refractivity (Wildman–Crippen MR) is 181 cm³/mol. The first-order valence-corrected chi connectivity index (χ1v) is 17.8. The van der Waals surface area contributed by atoms with Crippen LogP contribution in [-0.4, -0.2) is 80.0 Å². The van der Waals surface area contributed by atoms with Gasteiger partial charge < -0.3 is 25.8 Å². The molecule has 47 heavy (non-hydrogen) atoms. The molecular formula is C35H52N4O7S. The van der Waals surface area contributed by atoms with E-state index in [0.717, 1.165) is 11.1 Å². The smallest absolute Gasteiger partial charge is 0.243 e. The molecule has 12 heteroatoms. The minimum absolute atomic E-state index is 0.0431. The van der Waals surface area contributed by atoms with E-state index < -0.39 is 45.4 Å². The Kier molecular flexibility index (Phi) is 13.4. The van der Waals surface area contributed by atoms with E-state index in [1.54, 1.807) is 32.9 Å². The summed E-state index contributed by atoms with van der Waals surface area (Å²) in [7, 11) is -4.01. The number of carbonyl (C=O) groups excluding carboxylic acids is 3. The lowest BCUT2D eigenvalue weighted by molar-refractivity contribution is -0.133. The van der Waals surface area contributed by atoms with Crippen LogP contribution in [0.1, 0.15) is 66.0 Å². The molecule has 3 amide bonds. The molecule has 0 saturated heterocycles. The van der Waals surface area contributed by atoms with Crippen LogP contribution < -0.4 is 20.7 Å². The van der Waals surface area contributed by atoms with Gasteiger partial charge in [-0.1, -0.05) is 78.8 Å². The molecule has 0 bridgehead atoms. The number of hydrogen-bond donors (Lipinski definition) is 4. The Labute approximate surface area is 279 Å². The quantitative estimate of drug-likeness (QED) is 0.214. The van der Waals surface area contributed by atoms with Crippen molar-refractivity contribution in [3.63, 3.8) is 0 Å². The van der Waals surface area contributed by atoms with Crippen molar-refractivity contribution in [3.05, 3.63) is 59.7 Å². The number of hydrogen-bond acceptors (Lipinski definition) is 7. The number of ether oxygens (including phenoxy) is 1. The van der Waals surface area contributed by atoms with Crippen LogP contribution in [-0.2, 0) is 37.2 Å². The van der Waals surface area contributed by atoms with Crippen molar-refractivity contribution in [1.82, 2.24) is 20.3 Å². The highest BCUT2D eigenvalue weighted by Crippen LogP contribution is 2.29. The summed E-state index contributed by atoms with van der Waals surface area (Å²) < 4.78 is 34.7. The number of nitrogens with zero attached hydrogens (tertiary/aromatic N) is 1. The zero-order valence-corrected chi connectivity index (χ0v) is 29.5. The summed E-state index contributed by atoms with van der Waals surface area (Å²) in [6, 6.07) is 12.2.